The van der Waals surface area contributed by atoms with Crippen molar-refractivity contribution in [1.29, 1.82) is 0 Å². The molecular weight excluding hydrogens is 244 g/mol. The Hall–Kier alpha value is -2.15. The number of carbonyl (C=O) groups excluding carboxylic acids is 1. The molecule has 102 valence electrons. The van der Waals surface area contributed by atoms with Gasteiger partial charge < -0.3 is 0 Å². The van der Waals surface area contributed by atoms with Gasteiger partial charge in [-0.25, -0.2) is 0 Å². The summed E-state index contributed by atoms with van der Waals surface area (Å²) in [6.45, 7) is 4.14. The van der Waals surface area contributed by atoms with Crippen molar-refractivity contribution in [2.75, 3.05) is 0 Å². The number of carbonyl (C=O) groups is 1. The van der Waals surface area contributed by atoms with Crippen LogP contribution in [0.4, 0.5) is 0 Å². The molecule has 2 aromatic carbocycles. The summed E-state index contributed by atoms with van der Waals surface area (Å²) in [4.78, 5) is 12.3. The number of hydrogen-bond acceptors (Lipinski definition) is 1. The second kappa shape index (κ2) is 6.85. The van der Waals surface area contributed by atoms with Gasteiger partial charge in [-0.1, -0.05) is 66.2 Å². The van der Waals surface area contributed by atoms with Crippen molar-refractivity contribution in [2.45, 2.75) is 26.7 Å². The van der Waals surface area contributed by atoms with Gasteiger partial charge in [0.05, 0.1) is 0 Å². The summed E-state index contributed by atoms with van der Waals surface area (Å²) in [6.07, 6.45) is 1.01. The van der Waals surface area contributed by atoms with E-state index in [0.717, 1.165) is 16.7 Å². The molecule has 0 radical (unpaired) electrons. The van der Waals surface area contributed by atoms with E-state index < -0.39 is 0 Å². The van der Waals surface area contributed by atoms with Crippen molar-refractivity contribution in [1.82, 2.24) is 0 Å². The van der Waals surface area contributed by atoms with Crippen molar-refractivity contribution in [3.63, 3.8) is 0 Å². The highest BCUT2D eigenvalue weighted by Gasteiger charge is 2.10. The molecule has 0 aliphatic rings. The molecule has 2 aromatic rings. The smallest absolute Gasteiger partial charge is 0.141 e. The highest BCUT2D eigenvalue weighted by Crippen LogP contribution is 2.23. The number of allylic oxidation sites excluding steroid dienone is 2. The van der Waals surface area contributed by atoms with E-state index in [9.17, 15) is 4.79 Å². The van der Waals surface area contributed by atoms with Crippen LogP contribution in [0.25, 0.3) is 5.57 Å². The molecule has 0 spiro atoms. The van der Waals surface area contributed by atoms with Gasteiger partial charge in [-0.3, -0.25) is 4.79 Å². The molecule has 1 nitrogen and oxygen atoms in total. The zero-order valence-electron chi connectivity index (χ0n) is 12.1. The number of Topliss-reactive ketones (excluding diaryl/α,β-unsaturated/α-hetero) is 1. The largest absolute Gasteiger partial charge is 0.299 e. The minimum atomic E-state index is 0.260. The van der Waals surface area contributed by atoms with E-state index in [2.05, 4.69) is 26.0 Å². The molecular formula is C19H20O. The molecule has 1 heteroatoms. The average molecular weight is 264 g/mol. The van der Waals surface area contributed by atoms with Crippen LogP contribution in [0.15, 0.2) is 66.2 Å². The van der Waals surface area contributed by atoms with Gasteiger partial charge in [-0.15, -0.1) is 0 Å². The van der Waals surface area contributed by atoms with Crippen molar-refractivity contribution in [2.24, 2.45) is 0 Å². The quantitative estimate of drug-likeness (QED) is 0.766. The topological polar surface area (TPSA) is 17.1 Å². The van der Waals surface area contributed by atoms with Gasteiger partial charge in [0, 0.05) is 12.8 Å². The fourth-order valence-corrected chi connectivity index (χ4v) is 2.29. The Kier molecular flexibility index (Phi) is 4.89. The number of hydrogen-bond donors (Lipinski definition) is 0. The van der Waals surface area contributed by atoms with Crippen LogP contribution >= 0.6 is 0 Å². The van der Waals surface area contributed by atoms with Crippen molar-refractivity contribution < 1.29 is 4.79 Å². The first-order valence-electron chi connectivity index (χ1n) is 6.94. The van der Waals surface area contributed by atoms with E-state index >= 15 is 0 Å². The molecule has 2 rings (SSSR count). The highest BCUT2D eigenvalue weighted by atomic mass is 16.1. The molecule has 0 aliphatic carbocycles. The molecule has 0 saturated heterocycles. The van der Waals surface area contributed by atoms with Crippen LogP contribution in [0.3, 0.4) is 0 Å². The lowest BCUT2D eigenvalue weighted by Gasteiger charge is -2.10. The van der Waals surface area contributed by atoms with Crippen LogP contribution < -0.4 is 0 Å². The molecule has 0 heterocycles. The first-order chi connectivity index (χ1) is 9.66. The Bertz CT molecular complexity index is 590. The first-order valence-corrected chi connectivity index (χ1v) is 6.94. The summed E-state index contributed by atoms with van der Waals surface area (Å²) in [5, 5.41) is 0. The van der Waals surface area contributed by atoms with Crippen molar-refractivity contribution in [3.05, 3.63) is 77.4 Å². The van der Waals surface area contributed by atoms with Gasteiger partial charge in [-0.2, -0.15) is 0 Å². The van der Waals surface area contributed by atoms with Crippen LogP contribution in [0.2, 0.25) is 0 Å². The Balaban J connectivity index is 2.11. The lowest BCUT2D eigenvalue weighted by atomic mass is 9.94. The average Bonchev–Trinajstić information content (AvgIpc) is 2.46. The van der Waals surface area contributed by atoms with Crippen LogP contribution in [0, 0.1) is 0 Å². The first kappa shape index (κ1) is 14.3. The summed E-state index contributed by atoms with van der Waals surface area (Å²) < 4.78 is 0. The van der Waals surface area contributed by atoms with Crippen molar-refractivity contribution in [3.8, 4) is 0 Å². The monoisotopic (exact) mass is 264 g/mol. The fraction of sp³-hybridized carbons (Fsp3) is 0.211. The zero-order chi connectivity index (χ0) is 14.4. The van der Waals surface area contributed by atoms with E-state index in [1.165, 1.54) is 5.57 Å². The van der Waals surface area contributed by atoms with E-state index in [1.54, 1.807) is 0 Å². The second-order valence-corrected chi connectivity index (χ2v) is 5.22. The third kappa shape index (κ3) is 3.92. The predicted molar refractivity (Wildman–Crippen MR) is 84.5 cm³/mol. The molecule has 0 aromatic heterocycles. The summed E-state index contributed by atoms with van der Waals surface area (Å²) in [5.74, 6) is 0.260. The normalized spacial score (nSPS) is 10.1. The van der Waals surface area contributed by atoms with Gasteiger partial charge in [-0.05, 0) is 30.5 Å². The SMILES string of the molecule is CC(C)=C(CC(=O)Cc1ccccc1)c1ccccc1. The van der Waals surface area contributed by atoms with Gasteiger partial charge in [0.1, 0.15) is 5.78 Å². The van der Waals surface area contributed by atoms with Crippen LogP contribution in [0.5, 0.6) is 0 Å². The maximum Gasteiger partial charge on any atom is 0.141 e. The Morgan fingerprint density at radius 1 is 0.850 bits per heavy atom. The molecule has 0 unspecified atom stereocenters. The molecule has 0 fully saturated rings. The molecule has 0 amide bonds. The number of ketones is 1. The molecule has 0 bridgehead atoms. The Labute approximate surface area is 121 Å². The zero-order valence-corrected chi connectivity index (χ0v) is 12.1. The van der Waals surface area contributed by atoms with Gasteiger partial charge in [0.15, 0.2) is 0 Å². The summed E-state index contributed by atoms with van der Waals surface area (Å²) in [7, 11) is 0. The van der Waals surface area contributed by atoms with Gasteiger partial charge in [0.2, 0.25) is 0 Å². The molecule has 0 atom stereocenters. The van der Waals surface area contributed by atoms with Crippen molar-refractivity contribution >= 4 is 11.4 Å². The Morgan fingerprint density at radius 2 is 1.40 bits per heavy atom. The Morgan fingerprint density at radius 3 is 1.95 bits per heavy atom. The predicted octanol–water partition coefficient (Wildman–Crippen LogP) is 4.68. The van der Waals surface area contributed by atoms with E-state index in [-0.39, 0.29) is 5.78 Å². The summed E-state index contributed by atoms with van der Waals surface area (Å²) in [6, 6.07) is 20.1. The van der Waals surface area contributed by atoms with Crippen LogP contribution in [0.1, 0.15) is 31.4 Å². The van der Waals surface area contributed by atoms with E-state index in [4.69, 9.17) is 0 Å². The molecule has 0 N–H and O–H groups in total. The number of rotatable bonds is 5. The lowest BCUT2D eigenvalue weighted by Crippen LogP contribution is -2.04. The maximum atomic E-state index is 12.3. The standard InChI is InChI=1S/C19H20O/c1-15(2)19(17-11-7-4-8-12-17)14-18(20)13-16-9-5-3-6-10-16/h3-12H,13-14H2,1-2H3. The summed E-state index contributed by atoms with van der Waals surface area (Å²) >= 11 is 0. The third-order valence-corrected chi connectivity index (χ3v) is 3.34. The molecule has 20 heavy (non-hydrogen) atoms. The molecule has 0 aliphatic heterocycles. The molecule has 0 saturated carbocycles. The van der Waals surface area contributed by atoms with Crippen LogP contribution in [-0.2, 0) is 11.2 Å². The van der Waals surface area contributed by atoms with E-state index in [0.29, 0.717) is 12.8 Å². The van der Waals surface area contributed by atoms with Gasteiger partial charge >= 0.3 is 0 Å². The maximum absolute atomic E-state index is 12.3. The fourth-order valence-electron chi connectivity index (χ4n) is 2.29. The van der Waals surface area contributed by atoms with Gasteiger partial charge in [0.25, 0.3) is 0 Å². The van der Waals surface area contributed by atoms with Crippen LogP contribution in [-0.4, -0.2) is 5.78 Å². The lowest BCUT2D eigenvalue weighted by molar-refractivity contribution is -0.117. The minimum Gasteiger partial charge on any atom is -0.299 e. The van der Waals surface area contributed by atoms with E-state index in [1.807, 2.05) is 48.5 Å². The highest BCUT2D eigenvalue weighted by molar-refractivity contribution is 5.92. The minimum absolute atomic E-state index is 0.260. The summed E-state index contributed by atoms with van der Waals surface area (Å²) in [5.41, 5.74) is 4.58. The second-order valence-electron chi connectivity index (χ2n) is 5.22. The number of benzene rings is 2. The third-order valence-electron chi connectivity index (χ3n) is 3.34.